The van der Waals surface area contributed by atoms with Crippen molar-refractivity contribution in [3.05, 3.63) is 12.7 Å². The zero-order valence-corrected chi connectivity index (χ0v) is 28.2. The average molecular weight is 611 g/mol. The molecule has 252 valence electrons. The smallest absolute Gasteiger partial charge is 0.312 e. The van der Waals surface area contributed by atoms with E-state index in [-0.39, 0.29) is 24.1 Å². The third kappa shape index (κ3) is 20.7. The van der Waals surface area contributed by atoms with Gasteiger partial charge >= 0.3 is 17.9 Å². The summed E-state index contributed by atoms with van der Waals surface area (Å²) in [5.74, 6) is -4.51. The lowest BCUT2D eigenvalue weighted by Crippen LogP contribution is -2.58. The fraction of sp³-hybridized carbons (Fsp3) is 0.861. The first kappa shape index (κ1) is 41.1. The van der Waals surface area contributed by atoms with Crippen LogP contribution < -0.4 is 0 Å². The van der Waals surface area contributed by atoms with Crippen LogP contribution in [0, 0.1) is 17.8 Å². The van der Waals surface area contributed by atoms with Crippen LogP contribution in [-0.2, 0) is 14.4 Å². The molecule has 0 saturated heterocycles. The van der Waals surface area contributed by atoms with Crippen molar-refractivity contribution < 1.29 is 34.2 Å². The van der Waals surface area contributed by atoms with Crippen molar-refractivity contribution in [3.63, 3.8) is 0 Å². The minimum atomic E-state index is -0.887. The van der Waals surface area contributed by atoms with E-state index in [1.165, 1.54) is 89.9 Å². The fourth-order valence-electron chi connectivity index (χ4n) is 6.43. The predicted octanol–water partition coefficient (Wildman–Crippen LogP) is 9.34. The number of nitrogens with zero attached hydrogens (tertiary/aromatic N) is 1. The van der Waals surface area contributed by atoms with E-state index < -0.39 is 35.7 Å². The normalized spacial score (nSPS) is 15.0. The Morgan fingerprint density at radius 1 is 0.512 bits per heavy atom. The third-order valence-electron chi connectivity index (χ3n) is 9.39. The highest BCUT2D eigenvalue weighted by Gasteiger charge is 2.40. The molecule has 0 bridgehead atoms. The second kappa shape index (κ2) is 26.5. The highest BCUT2D eigenvalue weighted by atomic mass is 16.4. The summed E-state index contributed by atoms with van der Waals surface area (Å²) in [6.45, 7) is 10.8. The van der Waals surface area contributed by atoms with Crippen LogP contribution in [0.1, 0.15) is 156 Å². The van der Waals surface area contributed by atoms with Crippen LogP contribution in [0.5, 0.6) is 0 Å². The zero-order chi connectivity index (χ0) is 32.3. The molecule has 43 heavy (non-hydrogen) atoms. The van der Waals surface area contributed by atoms with Gasteiger partial charge in [0.2, 0.25) is 0 Å². The number of allylic oxidation sites excluding steroid dienone is 1. The maximum Gasteiger partial charge on any atom is 0.312 e. The number of carbonyl (C=O) groups is 3. The Morgan fingerprint density at radius 2 is 0.767 bits per heavy atom. The maximum atomic E-state index is 12.0. The van der Waals surface area contributed by atoms with E-state index in [4.69, 9.17) is 0 Å². The quantitative estimate of drug-likeness (QED) is 0.0397. The monoisotopic (exact) mass is 611 g/mol. The molecule has 0 aromatic carbocycles. The number of unbranched alkanes of at least 4 members (excludes halogenated alkanes) is 17. The van der Waals surface area contributed by atoms with Crippen molar-refractivity contribution in [1.29, 1.82) is 0 Å². The van der Waals surface area contributed by atoms with Crippen LogP contribution in [0.15, 0.2) is 12.7 Å². The molecule has 0 radical (unpaired) electrons. The molecule has 7 heteroatoms. The van der Waals surface area contributed by atoms with Gasteiger partial charge in [0.1, 0.15) is 17.8 Å². The minimum absolute atomic E-state index is 0.260. The van der Waals surface area contributed by atoms with E-state index in [0.717, 1.165) is 25.7 Å². The Hall–Kier alpha value is -1.89. The van der Waals surface area contributed by atoms with E-state index in [1.807, 2.05) is 26.8 Å². The SMILES string of the molecule is C=CCCCCCCCCCCCCCCCCCCC[N+](CC(CC)C(=O)O)(CC(CC)C(=O)O)CC(CC)C(=O)O. The van der Waals surface area contributed by atoms with Gasteiger partial charge < -0.3 is 19.8 Å². The van der Waals surface area contributed by atoms with Gasteiger partial charge in [0.05, 0.1) is 26.2 Å². The zero-order valence-electron chi connectivity index (χ0n) is 28.2. The molecule has 3 N–H and O–H groups in total. The molecule has 0 fully saturated rings. The number of rotatable bonds is 32. The van der Waals surface area contributed by atoms with Crippen LogP contribution in [0.3, 0.4) is 0 Å². The van der Waals surface area contributed by atoms with Crippen molar-refractivity contribution >= 4 is 17.9 Å². The second-order valence-electron chi connectivity index (χ2n) is 13.0. The number of aliphatic carboxylic acids is 3. The number of carboxylic acid groups (broad SMARTS) is 3. The van der Waals surface area contributed by atoms with Gasteiger partial charge in [-0.3, -0.25) is 14.4 Å². The lowest BCUT2D eigenvalue weighted by atomic mass is 9.95. The molecule has 0 aromatic rings. The van der Waals surface area contributed by atoms with E-state index >= 15 is 0 Å². The summed E-state index contributed by atoms with van der Waals surface area (Å²) in [5.41, 5.74) is 0. The van der Waals surface area contributed by atoms with Gasteiger partial charge in [0.15, 0.2) is 0 Å². The van der Waals surface area contributed by atoms with Crippen LogP contribution in [0.2, 0.25) is 0 Å². The molecule has 0 rings (SSSR count). The summed E-state index contributed by atoms with van der Waals surface area (Å²) in [6.07, 6.45) is 26.0. The third-order valence-corrected chi connectivity index (χ3v) is 9.39. The Kier molecular flexibility index (Phi) is 25.3. The largest absolute Gasteiger partial charge is 0.481 e. The lowest BCUT2D eigenvalue weighted by molar-refractivity contribution is -0.935. The van der Waals surface area contributed by atoms with Gasteiger partial charge in [-0.15, -0.1) is 6.58 Å². The van der Waals surface area contributed by atoms with Gasteiger partial charge in [0, 0.05) is 0 Å². The molecule has 0 saturated carbocycles. The summed E-state index contributed by atoms with van der Waals surface area (Å²) in [7, 11) is 0. The first-order valence-corrected chi connectivity index (χ1v) is 17.8. The van der Waals surface area contributed by atoms with Crippen molar-refractivity contribution in [2.45, 2.75) is 156 Å². The average Bonchev–Trinajstić information content (AvgIpc) is 2.98. The summed E-state index contributed by atoms with van der Waals surface area (Å²) in [6, 6.07) is 0. The first-order chi connectivity index (χ1) is 20.7. The maximum absolute atomic E-state index is 12.0. The van der Waals surface area contributed by atoms with Crippen LogP contribution in [0.4, 0.5) is 0 Å². The summed E-state index contributed by atoms with van der Waals surface area (Å²) in [4.78, 5) is 36.0. The summed E-state index contributed by atoms with van der Waals surface area (Å²) in [5, 5.41) is 29.5. The predicted molar refractivity (Wildman–Crippen MR) is 177 cm³/mol. The molecule has 0 spiro atoms. The minimum Gasteiger partial charge on any atom is -0.481 e. The standard InChI is InChI=1S/C36H67NO6/c1-5-9-10-11-12-13-14-15-16-17-18-19-20-21-22-23-24-25-26-27-37(28-31(6-2)34(38)39,29-32(7-3)35(40)41)30-33(8-4)36(42)43/h5,31-33H,1,6-30H2,2-4H3,(H2-,38,39,40,41,42,43)/p+1. The Morgan fingerprint density at radius 3 is 1.00 bits per heavy atom. The number of carboxylic acids is 3. The molecular formula is C36H68NO6+. The van der Waals surface area contributed by atoms with Crippen LogP contribution in [-0.4, -0.2) is 63.9 Å². The van der Waals surface area contributed by atoms with Crippen molar-refractivity contribution in [2.75, 3.05) is 26.2 Å². The van der Waals surface area contributed by atoms with E-state index in [9.17, 15) is 29.7 Å². The highest BCUT2D eigenvalue weighted by Crippen LogP contribution is 2.25. The summed E-state index contributed by atoms with van der Waals surface area (Å²) < 4.78 is 0.260. The Balaban J connectivity index is 4.58. The van der Waals surface area contributed by atoms with E-state index in [2.05, 4.69) is 6.58 Å². The Labute approximate surface area is 264 Å². The van der Waals surface area contributed by atoms with Crippen LogP contribution in [0.25, 0.3) is 0 Å². The topological polar surface area (TPSA) is 112 Å². The molecule has 3 unspecified atom stereocenters. The summed E-state index contributed by atoms with van der Waals surface area (Å²) >= 11 is 0. The molecule has 0 amide bonds. The van der Waals surface area contributed by atoms with Gasteiger partial charge in [0.25, 0.3) is 0 Å². The van der Waals surface area contributed by atoms with Crippen molar-refractivity contribution in [2.24, 2.45) is 17.8 Å². The number of hydrogen-bond acceptors (Lipinski definition) is 3. The van der Waals surface area contributed by atoms with Crippen molar-refractivity contribution in [1.82, 2.24) is 0 Å². The molecule has 0 aliphatic carbocycles. The first-order valence-electron chi connectivity index (χ1n) is 17.8. The number of hydrogen-bond donors (Lipinski definition) is 3. The van der Waals surface area contributed by atoms with Gasteiger partial charge in [-0.25, -0.2) is 0 Å². The number of quaternary nitrogens is 1. The lowest BCUT2D eigenvalue weighted by Gasteiger charge is -2.43. The second-order valence-corrected chi connectivity index (χ2v) is 13.0. The van der Waals surface area contributed by atoms with Crippen molar-refractivity contribution in [3.8, 4) is 0 Å². The van der Waals surface area contributed by atoms with Gasteiger partial charge in [-0.05, 0) is 44.9 Å². The molecular weight excluding hydrogens is 542 g/mol. The highest BCUT2D eigenvalue weighted by molar-refractivity contribution is 5.71. The Bertz CT molecular complexity index is 679. The van der Waals surface area contributed by atoms with E-state index in [1.54, 1.807) is 0 Å². The van der Waals surface area contributed by atoms with E-state index in [0.29, 0.717) is 25.8 Å². The fourth-order valence-corrected chi connectivity index (χ4v) is 6.43. The van der Waals surface area contributed by atoms with Gasteiger partial charge in [-0.1, -0.05) is 117 Å². The molecule has 3 atom stereocenters. The van der Waals surface area contributed by atoms with Crippen LogP contribution >= 0.6 is 0 Å². The molecule has 0 aliphatic heterocycles. The molecule has 7 nitrogen and oxygen atoms in total. The molecule has 0 heterocycles. The van der Waals surface area contributed by atoms with Gasteiger partial charge in [-0.2, -0.15) is 0 Å². The molecule has 0 aliphatic rings. The molecule has 0 aromatic heterocycles.